The molecule has 1 N–H and O–H groups in total. The lowest BCUT2D eigenvalue weighted by atomic mass is 9.99. The quantitative estimate of drug-likeness (QED) is 0.600. The van der Waals surface area contributed by atoms with Gasteiger partial charge in [0.2, 0.25) is 0 Å². The third-order valence-corrected chi connectivity index (χ3v) is 1.77. The van der Waals surface area contributed by atoms with Gasteiger partial charge >= 0.3 is 5.97 Å². The number of rotatable bonds is 1. The topological polar surface area (TPSA) is 38.3 Å². The van der Waals surface area contributed by atoms with E-state index in [4.69, 9.17) is 4.74 Å². The Morgan fingerprint density at radius 3 is 2.33 bits per heavy atom. The first kappa shape index (κ1) is 9.52. The SMILES string of the molecule is C[C@H]1C[C@@H](C(=O)OC(C)(C)C)N1. The van der Waals surface area contributed by atoms with Crippen LogP contribution < -0.4 is 5.32 Å². The van der Waals surface area contributed by atoms with Crippen molar-refractivity contribution in [2.75, 3.05) is 0 Å². The number of hydrogen-bond donors (Lipinski definition) is 1. The van der Waals surface area contributed by atoms with E-state index in [1.165, 1.54) is 0 Å². The van der Waals surface area contributed by atoms with Crippen LogP contribution in [0.5, 0.6) is 0 Å². The molecule has 1 aliphatic heterocycles. The summed E-state index contributed by atoms with van der Waals surface area (Å²) in [5.74, 6) is -0.124. The van der Waals surface area contributed by atoms with E-state index < -0.39 is 0 Å². The van der Waals surface area contributed by atoms with E-state index in [1.807, 2.05) is 20.8 Å². The highest BCUT2D eigenvalue weighted by Crippen LogP contribution is 2.16. The molecule has 70 valence electrons. The first-order chi connectivity index (χ1) is 5.38. The molecule has 1 aliphatic rings. The summed E-state index contributed by atoms with van der Waals surface area (Å²) in [5.41, 5.74) is -0.364. The van der Waals surface area contributed by atoms with Crippen LogP contribution in [-0.2, 0) is 9.53 Å². The van der Waals surface area contributed by atoms with Gasteiger partial charge in [0.05, 0.1) is 0 Å². The normalized spacial score (nSPS) is 29.3. The molecule has 1 fully saturated rings. The predicted octanol–water partition coefficient (Wildman–Crippen LogP) is 1.08. The van der Waals surface area contributed by atoms with E-state index in [1.54, 1.807) is 0 Å². The van der Waals surface area contributed by atoms with Gasteiger partial charge in [-0.15, -0.1) is 0 Å². The second-order valence-electron chi connectivity index (χ2n) is 4.39. The van der Waals surface area contributed by atoms with Crippen LogP contribution in [0.3, 0.4) is 0 Å². The molecule has 1 saturated heterocycles. The molecule has 0 aromatic carbocycles. The van der Waals surface area contributed by atoms with Crippen molar-refractivity contribution in [2.24, 2.45) is 0 Å². The summed E-state index contributed by atoms with van der Waals surface area (Å²) in [5, 5.41) is 3.09. The van der Waals surface area contributed by atoms with Gasteiger partial charge in [-0.3, -0.25) is 4.79 Å². The van der Waals surface area contributed by atoms with Crippen molar-refractivity contribution < 1.29 is 9.53 Å². The maximum absolute atomic E-state index is 11.3. The molecule has 0 unspecified atom stereocenters. The smallest absolute Gasteiger partial charge is 0.323 e. The van der Waals surface area contributed by atoms with Crippen molar-refractivity contribution in [2.45, 2.75) is 51.8 Å². The van der Waals surface area contributed by atoms with Crippen LogP contribution in [0.4, 0.5) is 0 Å². The van der Waals surface area contributed by atoms with Crippen molar-refractivity contribution in [3.63, 3.8) is 0 Å². The summed E-state index contributed by atoms with van der Waals surface area (Å²) in [7, 11) is 0. The maximum Gasteiger partial charge on any atom is 0.323 e. The van der Waals surface area contributed by atoms with Gasteiger partial charge in [0.15, 0.2) is 0 Å². The van der Waals surface area contributed by atoms with Crippen molar-refractivity contribution >= 4 is 5.97 Å². The standard InChI is InChI=1S/C9H17NO2/c1-6-5-7(10-6)8(11)12-9(2,3)4/h6-7,10H,5H2,1-4H3/t6-,7-/m0/s1. The molecular weight excluding hydrogens is 154 g/mol. The number of ether oxygens (including phenoxy) is 1. The number of hydrogen-bond acceptors (Lipinski definition) is 3. The van der Waals surface area contributed by atoms with Crippen LogP contribution in [0.2, 0.25) is 0 Å². The molecule has 12 heavy (non-hydrogen) atoms. The van der Waals surface area contributed by atoms with Crippen molar-refractivity contribution in [3.05, 3.63) is 0 Å². The Morgan fingerprint density at radius 2 is 2.00 bits per heavy atom. The summed E-state index contributed by atoms with van der Waals surface area (Å²) in [4.78, 5) is 11.3. The summed E-state index contributed by atoms with van der Waals surface area (Å²) >= 11 is 0. The van der Waals surface area contributed by atoms with E-state index in [9.17, 15) is 4.79 Å². The Balaban J connectivity index is 2.30. The molecule has 0 radical (unpaired) electrons. The minimum Gasteiger partial charge on any atom is -0.459 e. The Bertz CT molecular complexity index is 177. The fourth-order valence-electron chi connectivity index (χ4n) is 1.21. The Labute approximate surface area is 73.5 Å². The molecule has 0 saturated carbocycles. The summed E-state index contributed by atoms with van der Waals surface area (Å²) in [6, 6.07) is 0.391. The fraction of sp³-hybridized carbons (Fsp3) is 0.889. The second kappa shape index (κ2) is 3.05. The predicted molar refractivity (Wildman–Crippen MR) is 46.8 cm³/mol. The molecule has 0 aliphatic carbocycles. The highest BCUT2D eigenvalue weighted by Gasteiger charge is 2.33. The average Bonchev–Trinajstić information content (AvgIpc) is 1.76. The van der Waals surface area contributed by atoms with Crippen molar-refractivity contribution in [1.82, 2.24) is 5.32 Å². The number of esters is 1. The lowest BCUT2D eigenvalue weighted by Crippen LogP contribution is -2.56. The number of carbonyl (C=O) groups excluding carboxylic acids is 1. The minimum atomic E-state index is -0.364. The molecule has 0 bridgehead atoms. The first-order valence-corrected chi connectivity index (χ1v) is 4.37. The maximum atomic E-state index is 11.3. The molecule has 1 rings (SSSR count). The van der Waals surface area contributed by atoms with Gasteiger partial charge in [-0.25, -0.2) is 0 Å². The zero-order valence-corrected chi connectivity index (χ0v) is 8.18. The lowest BCUT2D eigenvalue weighted by molar-refractivity contribution is -0.160. The van der Waals surface area contributed by atoms with Crippen molar-refractivity contribution in [3.8, 4) is 0 Å². The largest absolute Gasteiger partial charge is 0.459 e. The van der Waals surface area contributed by atoms with Crippen molar-refractivity contribution in [1.29, 1.82) is 0 Å². The van der Waals surface area contributed by atoms with E-state index in [2.05, 4.69) is 12.2 Å². The van der Waals surface area contributed by atoms with E-state index in [0.717, 1.165) is 6.42 Å². The fourth-order valence-corrected chi connectivity index (χ4v) is 1.21. The van der Waals surface area contributed by atoms with Crippen LogP contribution in [0.1, 0.15) is 34.1 Å². The number of carbonyl (C=O) groups is 1. The van der Waals surface area contributed by atoms with Crippen LogP contribution >= 0.6 is 0 Å². The third kappa shape index (κ3) is 2.48. The molecule has 0 amide bonds. The van der Waals surface area contributed by atoms with Gasteiger partial charge in [0.25, 0.3) is 0 Å². The Morgan fingerprint density at radius 1 is 1.50 bits per heavy atom. The third-order valence-electron chi connectivity index (χ3n) is 1.77. The summed E-state index contributed by atoms with van der Waals surface area (Å²) in [6.07, 6.45) is 0.898. The average molecular weight is 171 g/mol. The van der Waals surface area contributed by atoms with Crippen LogP contribution in [0.15, 0.2) is 0 Å². The molecule has 0 aromatic heterocycles. The molecular formula is C9H17NO2. The first-order valence-electron chi connectivity index (χ1n) is 4.37. The van der Waals surface area contributed by atoms with Crippen LogP contribution in [-0.4, -0.2) is 23.7 Å². The molecule has 2 atom stereocenters. The molecule has 1 heterocycles. The van der Waals surface area contributed by atoms with E-state index in [-0.39, 0.29) is 17.6 Å². The highest BCUT2D eigenvalue weighted by atomic mass is 16.6. The van der Waals surface area contributed by atoms with Crippen LogP contribution in [0.25, 0.3) is 0 Å². The van der Waals surface area contributed by atoms with Gasteiger partial charge in [-0.1, -0.05) is 0 Å². The summed E-state index contributed by atoms with van der Waals surface area (Å²) in [6.45, 7) is 7.70. The minimum absolute atomic E-state index is 0.0702. The van der Waals surface area contributed by atoms with Gasteiger partial charge in [0, 0.05) is 6.04 Å². The Hall–Kier alpha value is -0.570. The molecule has 3 nitrogen and oxygen atoms in total. The molecule has 0 aromatic rings. The Kier molecular flexibility index (Phi) is 2.42. The zero-order valence-electron chi connectivity index (χ0n) is 8.18. The number of nitrogens with one attached hydrogen (secondary N) is 1. The van der Waals surface area contributed by atoms with Gasteiger partial charge in [0.1, 0.15) is 11.6 Å². The van der Waals surface area contributed by atoms with Crippen LogP contribution in [0, 0.1) is 0 Å². The highest BCUT2D eigenvalue weighted by molar-refractivity contribution is 5.77. The molecule has 0 spiro atoms. The monoisotopic (exact) mass is 171 g/mol. The summed E-state index contributed by atoms with van der Waals surface area (Å²) < 4.78 is 5.19. The van der Waals surface area contributed by atoms with Gasteiger partial charge in [-0.2, -0.15) is 0 Å². The lowest BCUT2D eigenvalue weighted by Gasteiger charge is -2.34. The molecule has 3 heteroatoms. The van der Waals surface area contributed by atoms with Gasteiger partial charge < -0.3 is 10.1 Å². The van der Waals surface area contributed by atoms with E-state index in [0.29, 0.717) is 6.04 Å². The second-order valence-corrected chi connectivity index (χ2v) is 4.39. The zero-order chi connectivity index (χ0) is 9.35. The van der Waals surface area contributed by atoms with E-state index >= 15 is 0 Å². The van der Waals surface area contributed by atoms with Gasteiger partial charge in [-0.05, 0) is 34.1 Å².